The summed E-state index contributed by atoms with van der Waals surface area (Å²) in [5.41, 5.74) is 2.05. The van der Waals surface area contributed by atoms with E-state index in [0.29, 0.717) is 18.0 Å². The van der Waals surface area contributed by atoms with Gasteiger partial charge in [-0.25, -0.2) is 0 Å². The number of carbonyl (C=O) groups is 1. The summed E-state index contributed by atoms with van der Waals surface area (Å²) >= 11 is 0. The Bertz CT molecular complexity index is 768. The number of rotatable bonds is 7. The maximum Gasteiger partial charge on any atom is 0.288 e. The van der Waals surface area contributed by atoms with Crippen LogP contribution in [0.25, 0.3) is 16.1 Å². The van der Waals surface area contributed by atoms with Crippen LogP contribution in [-0.4, -0.2) is 15.8 Å². The number of Topliss-reactive ketones (excluding diaryl/α,β-unsaturated/α-hetero) is 1. The van der Waals surface area contributed by atoms with Gasteiger partial charge < -0.3 is 4.85 Å². The summed E-state index contributed by atoms with van der Waals surface area (Å²) in [5.74, 6) is 1.02. The van der Waals surface area contributed by atoms with E-state index in [1.54, 1.807) is 6.20 Å². The molecule has 4 heteroatoms. The predicted octanol–water partition coefficient (Wildman–Crippen LogP) is 5.37. The Hall–Kier alpha value is -2.54. The fraction of sp³-hybridized carbons (Fsp3) is 0.429. The van der Waals surface area contributed by atoms with Crippen LogP contribution in [0.1, 0.15) is 52.5 Å². The Kier molecular flexibility index (Phi) is 6.03. The van der Waals surface area contributed by atoms with Crippen molar-refractivity contribution in [3.8, 4) is 11.3 Å². The number of carbonyl (C=O) groups excluding carboxylic acids is 1. The average Bonchev–Trinajstić information content (AvgIpc) is 2.65. The number of ketones is 1. The molecule has 1 heterocycles. The van der Waals surface area contributed by atoms with Crippen LogP contribution in [-0.2, 0) is 10.2 Å². The molecule has 0 aliphatic rings. The van der Waals surface area contributed by atoms with Gasteiger partial charge in [-0.15, -0.1) is 4.98 Å². The van der Waals surface area contributed by atoms with E-state index in [1.807, 2.05) is 38.1 Å². The number of hydrogen-bond acceptors (Lipinski definition) is 3. The minimum atomic E-state index is -0.509. The van der Waals surface area contributed by atoms with Crippen molar-refractivity contribution in [2.45, 2.75) is 52.4 Å². The second kappa shape index (κ2) is 8.02. The number of aromatic nitrogens is 2. The van der Waals surface area contributed by atoms with Crippen molar-refractivity contribution in [3.05, 3.63) is 53.6 Å². The monoisotopic (exact) mass is 335 g/mol. The summed E-state index contributed by atoms with van der Waals surface area (Å²) in [6.07, 6.45) is 5.79. The minimum absolute atomic E-state index is 0.280. The molecule has 25 heavy (non-hydrogen) atoms. The van der Waals surface area contributed by atoms with Crippen LogP contribution < -0.4 is 0 Å². The smallest absolute Gasteiger partial charge is 0.288 e. The lowest BCUT2D eigenvalue weighted by atomic mass is 9.76. The fourth-order valence-electron chi connectivity index (χ4n) is 2.86. The van der Waals surface area contributed by atoms with Crippen molar-refractivity contribution in [1.29, 1.82) is 0 Å². The molecule has 0 aliphatic heterocycles. The van der Waals surface area contributed by atoms with Gasteiger partial charge in [0.05, 0.1) is 12.4 Å². The molecular weight excluding hydrogens is 310 g/mol. The SMILES string of the molecule is [C-]#[N+]c1cncc(-c2ccc(C(C)(C)C(=O)CC(CC)CC)cc2)n1. The van der Waals surface area contributed by atoms with Gasteiger partial charge >= 0.3 is 0 Å². The van der Waals surface area contributed by atoms with E-state index in [4.69, 9.17) is 6.57 Å². The highest BCUT2D eigenvalue weighted by Gasteiger charge is 2.30. The molecule has 0 N–H and O–H groups in total. The molecule has 0 radical (unpaired) electrons. The summed E-state index contributed by atoms with van der Waals surface area (Å²) in [6.45, 7) is 15.3. The zero-order valence-corrected chi connectivity index (χ0v) is 15.4. The van der Waals surface area contributed by atoms with Gasteiger partial charge in [0.1, 0.15) is 5.78 Å². The first kappa shape index (κ1) is 18.8. The first-order chi connectivity index (χ1) is 11.9. The fourth-order valence-corrected chi connectivity index (χ4v) is 2.86. The van der Waals surface area contributed by atoms with Gasteiger partial charge in [-0.1, -0.05) is 57.5 Å². The summed E-state index contributed by atoms with van der Waals surface area (Å²) in [4.78, 5) is 24.4. The molecule has 0 unspecified atom stereocenters. The van der Waals surface area contributed by atoms with E-state index in [0.717, 1.165) is 24.0 Å². The van der Waals surface area contributed by atoms with Crippen molar-refractivity contribution < 1.29 is 4.79 Å². The highest BCUT2D eigenvalue weighted by Crippen LogP contribution is 2.30. The first-order valence-electron chi connectivity index (χ1n) is 8.76. The molecule has 130 valence electrons. The standard InChI is InChI=1S/C21H25N3O/c1-6-15(7-2)12-19(25)21(3,4)17-10-8-16(9-11-17)18-13-23-14-20(22-5)24-18/h8-11,13-15H,6-7,12H2,1-4H3. The van der Waals surface area contributed by atoms with Crippen molar-refractivity contribution in [2.75, 3.05) is 0 Å². The number of benzene rings is 1. The predicted molar refractivity (Wildman–Crippen MR) is 100 cm³/mol. The molecule has 1 aromatic carbocycles. The highest BCUT2D eigenvalue weighted by atomic mass is 16.1. The van der Waals surface area contributed by atoms with Crippen LogP contribution in [0, 0.1) is 12.5 Å². The molecule has 2 aromatic rings. The molecule has 0 saturated carbocycles. The van der Waals surface area contributed by atoms with Gasteiger partial charge in [-0.05, 0) is 25.3 Å². The third kappa shape index (κ3) is 4.30. The van der Waals surface area contributed by atoms with E-state index >= 15 is 0 Å². The maximum atomic E-state index is 12.8. The molecule has 0 saturated heterocycles. The Morgan fingerprint density at radius 1 is 1.16 bits per heavy atom. The molecule has 0 aliphatic carbocycles. The number of hydrogen-bond donors (Lipinski definition) is 0. The Labute approximate surface area is 150 Å². The summed E-state index contributed by atoms with van der Waals surface area (Å²) in [5, 5.41) is 0. The molecule has 1 aromatic heterocycles. The van der Waals surface area contributed by atoms with E-state index in [2.05, 4.69) is 28.7 Å². The summed E-state index contributed by atoms with van der Waals surface area (Å²) < 4.78 is 0. The molecule has 0 atom stereocenters. The first-order valence-corrected chi connectivity index (χ1v) is 8.76. The Morgan fingerprint density at radius 3 is 2.36 bits per heavy atom. The quantitative estimate of drug-likeness (QED) is 0.639. The van der Waals surface area contributed by atoms with Crippen LogP contribution in [0.5, 0.6) is 0 Å². The van der Waals surface area contributed by atoms with E-state index in [1.165, 1.54) is 6.20 Å². The van der Waals surface area contributed by atoms with Gasteiger partial charge in [0.25, 0.3) is 5.82 Å². The van der Waals surface area contributed by atoms with E-state index in [-0.39, 0.29) is 11.6 Å². The molecule has 0 bridgehead atoms. The maximum absolute atomic E-state index is 12.8. The zero-order chi connectivity index (χ0) is 18.4. The van der Waals surface area contributed by atoms with Crippen molar-refractivity contribution in [3.63, 3.8) is 0 Å². The lowest BCUT2D eigenvalue weighted by molar-refractivity contribution is -0.124. The van der Waals surface area contributed by atoms with Crippen molar-refractivity contribution in [1.82, 2.24) is 9.97 Å². The molecular formula is C21H25N3O. The molecule has 0 spiro atoms. The molecule has 0 fully saturated rings. The van der Waals surface area contributed by atoms with Gasteiger partial charge in [0, 0.05) is 17.4 Å². The minimum Gasteiger partial charge on any atom is -0.359 e. The Morgan fingerprint density at radius 2 is 1.80 bits per heavy atom. The molecule has 2 rings (SSSR count). The average molecular weight is 335 g/mol. The van der Waals surface area contributed by atoms with Crippen LogP contribution in [0.2, 0.25) is 0 Å². The summed E-state index contributed by atoms with van der Waals surface area (Å²) in [7, 11) is 0. The molecule has 4 nitrogen and oxygen atoms in total. The van der Waals surface area contributed by atoms with Crippen LogP contribution in [0.3, 0.4) is 0 Å². The van der Waals surface area contributed by atoms with Gasteiger partial charge in [-0.3, -0.25) is 9.78 Å². The van der Waals surface area contributed by atoms with Crippen molar-refractivity contribution in [2.24, 2.45) is 5.92 Å². The van der Waals surface area contributed by atoms with Crippen LogP contribution in [0.4, 0.5) is 5.82 Å². The summed E-state index contributed by atoms with van der Waals surface area (Å²) in [6, 6.07) is 7.84. The Balaban J connectivity index is 2.23. The molecule has 0 amide bonds. The normalized spacial score (nSPS) is 11.4. The largest absolute Gasteiger partial charge is 0.359 e. The van der Waals surface area contributed by atoms with Gasteiger partial charge in [0.2, 0.25) is 0 Å². The van der Waals surface area contributed by atoms with Gasteiger partial charge in [0.15, 0.2) is 5.69 Å². The zero-order valence-electron chi connectivity index (χ0n) is 15.4. The second-order valence-corrected chi connectivity index (χ2v) is 6.89. The van der Waals surface area contributed by atoms with Crippen molar-refractivity contribution >= 4 is 11.6 Å². The lowest BCUT2D eigenvalue weighted by Gasteiger charge is -2.26. The second-order valence-electron chi connectivity index (χ2n) is 6.89. The van der Waals surface area contributed by atoms with E-state index < -0.39 is 5.41 Å². The third-order valence-corrected chi connectivity index (χ3v) is 4.96. The lowest BCUT2D eigenvalue weighted by Crippen LogP contribution is -2.30. The number of nitrogens with zero attached hydrogens (tertiary/aromatic N) is 3. The van der Waals surface area contributed by atoms with E-state index in [9.17, 15) is 4.79 Å². The highest BCUT2D eigenvalue weighted by molar-refractivity contribution is 5.89. The third-order valence-electron chi connectivity index (χ3n) is 4.96. The van der Waals surface area contributed by atoms with Gasteiger partial charge in [-0.2, -0.15) is 0 Å². The van der Waals surface area contributed by atoms with Crippen LogP contribution >= 0.6 is 0 Å². The topological polar surface area (TPSA) is 47.2 Å². The van der Waals surface area contributed by atoms with Crippen LogP contribution in [0.15, 0.2) is 36.7 Å².